The number of carbonyl (C=O) groups excluding carboxylic acids is 1. The maximum absolute atomic E-state index is 12.6. The van der Waals surface area contributed by atoms with Crippen molar-refractivity contribution in [3.63, 3.8) is 0 Å². The molecule has 7 heteroatoms. The van der Waals surface area contributed by atoms with Crippen LogP contribution in [0.5, 0.6) is 17.2 Å². The zero-order chi connectivity index (χ0) is 17.0. The molecule has 1 amide bonds. The largest absolute Gasteiger partial charge is 0.493 e. The highest BCUT2D eigenvalue weighted by molar-refractivity contribution is 5.98. The summed E-state index contributed by atoms with van der Waals surface area (Å²) in [4.78, 5) is 12.6. The molecule has 0 aliphatic carbocycles. The van der Waals surface area contributed by atoms with Gasteiger partial charge in [0.15, 0.2) is 11.5 Å². The highest BCUT2D eigenvalue weighted by Gasteiger charge is 2.30. The minimum Gasteiger partial charge on any atom is -0.493 e. The highest BCUT2D eigenvalue weighted by atomic mass is 16.5. The molecule has 2 aliphatic rings. The van der Waals surface area contributed by atoms with Crippen molar-refractivity contribution in [1.29, 1.82) is 0 Å². The lowest BCUT2D eigenvalue weighted by molar-refractivity contribution is 0.0112. The van der Waals surface area contributed by atoms with Gasteiger partial charge < -0.3 is 30.0 Å². The summed E-state index contributed by atoms with van der Waals surface area (Å²) in [5.74, 6) is 1.12. The van der Waals surface area contributed by atoms with Crippen molar-refractivity contribution in [3.05, 3.63) is 17.7 Å². The van der Waals surface area contributed by atoms with Crippen LogP contribution in [-0.4, -0.2) is 56.6 Å². The number of piperidine rings is 1. The summed E-state index contributed by atoms with van der Waals surface area (Å²) in [7, 11) is 1.55. The highest BCUT2D eigenvalue weighted by Crippen LogP contribution is 2.41. The quantitative estimate of drug-likeness (QED) is 0.750. The van der Waals surface area contributed by atoms with Crippen LogP contribution < -0.4 is 24.8 Å². The number of benzene rings is 1. The molecule has 0 atom stereocenters. The minimum absolute atomic E-state index is 0.217. The predicted octanol–water partition coefficient (Wildman–Crippen LogP) is 0.701. The lowest BCUT2D eigenvalue weighted by atomic mass is 9.92. The van der Waals surface area contributed by atoms with E-state index in [0.29, 0.717) is 48.9 Å². The van der Waals surface area contributed by atoms with Crippen LogP contribution in [0, 0.1) is 0 Å². The Balaban J connectivity index is 1.77. The van der Waals surface area contributed by atoms with Gasteiger partial charge in [0.1, 0.15) is 0 Å². The van der Waals surface area contributed by atoms with Crippen LogP contribution in [0.15, 0.2) is 12.1 Å². The second kappa shape index (κ2) is 7.27. The van der Waals surface area contributed by atoms with Gasteiger partial charge in [0.05, 0.1) is 31.5 Å². The molecular weight excluding hydrogens is 312 g/mol. The van der Waals surface area contributed by atoms with Gasteiger partial charge in [-0.1, -0.05) is 0 Å². The zero-order valence-corrected chi connectivity index (χ0v) is 13.9. The summed E-state index contributed by atoms with van der Waals surface area (Å²) in [5.41, 5.74) is -0.466. The Hall–Kier alpha value is -1.99. The molecule has 1 aromatic carbocycles. The zero-order valence-electron chi connectivity index (χ0n) is 13.9. The third kappa shape index (κ3) is 3.57. The number of amides is 1. The number of hydrogen-bond acceptors (Lipinski definition) is 6. The molecule has 1 saturated heterocycles. The van der Waals surface area contributed by atoms with E-state index >= 15 is 0 Å². The summed E-state index contributed by atoms with van der Waals surface area (Å²) in [6.07, 6.45) is 1.98. The SMILES string of the molecule is COc1ccc(C(=O)NCC2(O)CCNCC2)c2c1OCCCO2. The van der Waals surface area contributed by atoms with Gasteiger partial charge in [-0.15, -0.1) is 0 Å². The average molecular weight is 336 g/mol. The molecule has 3 rings (SSSR count). The van der Waals surface area contributed by atoms with Gasteiger partial charge in [0, 0.05) is 13.0 Å². The van der Waals surface area contributed by atoms with E-state index in [-0.39, 0.29) is 12.5 Å². The Morgan fingerprint density at radius 1 is 1.29 bits per heavy atom. The maximum atomic E-state index is 12.6. The number of ether oxygens (including phenoxy) is 3. The van der Waals surface area contributed by atoms with E-state index in [1.807, 2.05) is 0 Å². The van der Waals surface area contributed by atoms with Gasteiger partial charge in [-0.25, -0.2) is 0 Å². The topological polar surface area (TPSA) is 89.1 Å². The van der Waals surface area contributed by atoms with Crippen molar-refractivity contribution in [3.8, 4) is 17.2 Å². The van der Waals surface area contributed by atoms with Crippen LogP contribution in [0.1, 0.15) is 29.6 Å². The number of rotatable bonds is 4. The third-order valence-corrected chi connectivity index (χ3v) is 4.43. The molecule has 0 radical (unpaired) electrons. The number of nitrogens with one attached hydrogen (secondary N) is 2. The summed E-state index contributed by atoms with van der Waals surface area (Å²) in [6.45, 7) is 2.72. The Morgan fingerprint density at radius 2 is 2.00 bits per heavy atom. The smallest absolute Gasteiger partial charge is 0.255 e. The molecule has 0 aromatic heterocycles. The number of aliphatic hydroxyl groups is 1. The minimum atomic E-state index is -0.859. The third-order valence-electron chi connectivity index (χ3n) is 4.43. The van der Waals surface area contributed by atoms with Crippen molar-refractivity contribution < 1.29 is 24.1 Å². The first kappa shape index (κ1) is 16.9. The molecule has 0 spiro atoms. The van der Waals surface area contributed by atoms with Gasteiger partial charge in [-0.3, -0.25) is 4.79 Å². The van der Waals surface area contributed by atoms with E-state index in [1.165, 1.54) is 0 Å². The molecule has 0 saturated carbocycles. The Kier molecular flexibility index (Phi) is 5.11. The summed E-state index contributed by atoms with van der Waals surface area (Å²) in [6, 6.07) is 3.36. The van der Waals surface area contributed by atoms with Crippen molar-refractivity contribution in [2.24, 2.45) is 0 Å². The Bertz CT molecular complexity index is 599. The standard InChI is InChI=1S/C17H24N2O5/c1-22-13-4-3-12(14-15(13)24-10-2-9-23-14)16(20)19-11-17(21)5-7-18-8-6-17/h3-4,18,21H,2,5-11H2,1H3,(H,19,20). The molecule has 1 fully saturated rings. The molecule has 1 aromatic rings. The fourth-order valence-electron chi connectivity index (χ4n) is 2.98. The summed E-state index contributed by atoms with van der Waals surface area (Å²) >= 11 is 0. The monoisotopic (exact) mass is 336 g/mol. The van der Waals surface area contributed by atoms with E-state index in [4.69, 9.17) is 14.2 Å². The van der Waals surface area contributed by atoms with Gasteiger partial charge in [-0.2, -0.15) is 0 Å². The molecular formula is C17H24N2O5. The Labute approximate surface area is 141 Å². The van der Waals surface area contributed by atoms with Crippen molar-refractivity contribution in [2.75, 3.05) is 40.0 Å². The second-order valence-corrected chi connectivity index (χ2v) is 6.18. The normalized spacial score (nSPS) is 19.2. The van der Waals surface area contributed by atoms with Crippen molar-refractivity contribution in [1.82, 2.24) is 10.6 Å². The van der Waals surface area contributed by atoms with Crippen LogP contribution in [0.4, 0.5) is 0 Å². The van der Waals surface area contributed by atoms with Crippen LogP contribution in [0.3, 0.4) is 0 Å². The first-order valence-electron chi connectivity index (χ1n) is 8.31. The van der Waals surface area contributed by atoms with Crippen LogP contribution in [0.25, 0.3) is 0 Å². The number of fused-ring (bicyclic) bond motifs is 1. The maximum Gasteiger partial charge on any atom is 0.255 e. The number of carbonyl (C=O) groups is 1. The first-order valence-corrected chi connectivity index (χ1v) is 8.31. The number of methoxy groups -OCH3 is 1. The van der Waals surface area contributed by atoms with E-state index in [2.05, 4.69) is 10.6 Å². The molecule has 7 nitrogen and oxygen atoms in total. The fraction of sp³-hybridized carbons (Fsp3) is 0.588. The molecule has 132 valence electrons. The summed E-state index contributed by atoms with van der Waals surface area (Å²) in [5, 5.41) is 16.5. The van der Waals surface area contributed by atoms with Crippen LogP contribution in [-0.2, 0) is 0 Å². The second-order valence-electron chi connectivity index (χ2n) is 6.18. The van der Waals surface area contributed by atoms with Crippen molar-refractivity contribution >= 4 is 5.91 Å². The van der Waals surface area contributed by atoms with Gasteiger partial charge in [0.25, 0.3) is 5.91 Å². The lowest BCUT2D eigenvalue weighted by Crippen LogP contribution is -2.49. The molecule has 2 heterocycles. The van der Waals surface area contributed by atoms with Gasteiger partial charge in [-0.05, 0) is 38.1 Å². The molecule has 24 heavy (non-hydrogen) atoms. The molecule has 2 aliphatic heterocycles. The van der Waals surface area contributed by atoms with E-state index in [1.54, 1.807) is 19.2 Å². The molecule has 0 bridgehead atoms. The van der Waals surface area contributed by atoms with Crippen molar-refractivity contribution in [2.45, 2.75) is 24.9 Å². The molecule has 0 unspecified atom stereocenters. The predicted molar refractivity (Wildman–Crippen MR) is 88.0 cm³/mol. The van der Waals surface area contributed by atoms with Gasteiger partial charge in [0.2, 0.25) is 5.75 Å². The van der Waals surface area contributed by atoms with E-state index < -0.39 is 5.60 Å². The fourth-order valence-corrected chi connectivity index (χ4v) is 2.98. The molecule has 3 N–H and O–H groups in total. The van der Waals surface area contributed by atoms with Crippen LogP contribution >= 0.6 is 0 Å². The average Bonchev–Trinajstić information content (AvgIpc) is 2.85. The van der Waals surface area contributed by atoms with E-state index in [0.717, 1.165) is 19.5 Å². The van der Waals surface area contributed by atoms with Crippen LogP contribution in [0.2, 0.25) is 0 Å². The number of hydrogen-bond donors (Lipinski definition) is 3. The Morgan fingerprint density at radius 3 is 2.71 bits per heavy atom. The lowest BCUT2D eigenvalue weighted by Gasteiger charge is -2.32. The first-order chi connectivity index (χ1) is 11.6. The van der Waals surface area contributed by atoms with Gasteiger partial charge >= 0.3 is 0 Å². The van der Waals surface area contributed by atoms with E-state index in [9.17, 15) is 9.90 Å². The summed E-state index contributed by atoms with van der Waals surface area (Å²) < 4.78 is 16.7.